The van der Waals surface area contributed by atoms with E-state index in [0.29, 0.717) is 26.0 Å². The highest BCUT2D eigenvalue weighted by Gasteiger charge is 2.31. The van der Waals surface area contributed by atoms with Crippen LogP contribution in [0.25, 0.3) is 0 Å². The van der Waals surface area contributed by atoms with Crippen LogP contribution in [0.4, 0.5) is 0 Å². The van der Waals surface area contributed by atoms with Gasteiger partial charge < -0.3 is 9.64 Å². The summed E-state index contributed by atoms with van der Waals surface area (Å²) in [6.45, 7) is 2.72. The largest absolute Gasteiger partial charge is 0.466 e. The zero-order valence-electron chi connectivity index (χ0n) is 11.9. The van der Waals surface area contributed by atoms with Gasteiger partial charge in [-0.1, -0.05) is 6.42 Å². The van der Waals surface area contributed by atoms with Crippen molar-refractivity contribution in [1.82, 2.24) is 4.90 Å². The molecule has 0 radical (unpaired) electrons. The van der Waals surface area contributed by atoms with Crippen LogP contribution in [0.1, 0.15) is 39.0 Å². The van der Waals surface area contributed by atoms with Crippen molar-refractivity contribution in [3.05, 3.63) is 0 Å². The summed E-state index contributed by atoms with van der Waals surface area (Å²) in [5.41, 5.74) is 0. The summed E-state index contributed by atoms with van der Waals surface area (Å²) in [6.07, 6.45) is 3.99. The van der Waals surface area contributed by atoms with Gasteiger partial charge in [0.25, 0.3) is 0 Å². The van der Waals surface area contributed by atoms with Crippen molar-refractivity contribution in [2.45, 2.75) is 45.1 Å². The van der Waals surface area contributed by atoms with E-state index in [-0.39, 0.29) is 23.5 Å². The van der Waals surface area contributed by atoms with Crippen molar-refractivity contribution in [3.63, 3.8) is 0 Å². The first-order valence-corrected chi connectivity index (χ1v) is 8.87. The molecule has 0 N–H and O–H groups in total. The lowest BCUT2D eigenvalue weighted by Gasteiger charge is -2.23. The molecule has 0 aromatic heterocycles. The molecule has 1 rings (SSSR count). The minimum Gasteiger partial charge on any atom is -0.466 e. The fourth-order valence-corrected chi connectivity index (χ4v) is 4.07. The monoisotopic (exact) mass is 305 g/mol. The molecule has 6 nitrogen and oxygen atoms in total. The molecule has 0 bridgehead atoms. The van der Waals surface area contributed by atoms with Gasteiger partial charge >= 0.3 is 5.97 Å². The van der Waals surface area contributed by atoms with Crippen molar-refractivity contribution in [2.75, 3.05) is 24.7 Å². The van der Waals surface area contributed by atoms with Crippen molar-refractivity contribution in [3.8, 4) is 0 Å². The van der Waals surface area contributed by atoms with Gasteiger partial charge in [-0.25, -0.2) is 8.42 Å². The van der Waals surface area contributed by atoms with Crippen LogP contribution < -0.4 is 0 Å². The van der Waals surface area contributed by atoms with Crippen LogP contribution in [-0.4, -0.2) is 56.4 Å². The maximum atomic E-state index is 11.4. The lowest BCUT2D eigenvalue weighted by atomic mass is 10.1. The molecular formula is C13H23NO5S. The van der Waals surface area contributed by atoms with E-state index >= 15 is 0 Å². The summed E-state index contributed by atoms with van der Waals surface area (Å²) >= 11 is 0. The molecular weight excluding hydrogens is 282 g/mol. The van der Waals surface area contributed by atoms with E-state index in [0.717, 1.165) is 25.7 Å². The third-order valence-electron chi connectivity index (χ3n) is 3.42. The highest BCUT2D eigenvalue weighted by atomic mass is 32.2. The summed E-state index contributed by atoms with van der Waals surface area (Å²) in [4.78, 5) is 23.7. The number of hydrogen-bond donors (Lipinski definition) is 0. The fraction of sp³-hybridized carbons (Fsp3) is 0.846. The number of rotatable bonds is 9. The summed E-state index contributed by atoms with van der Waals surface area (Å²) in [5, 5.41) is 0. The van der Waals surface area contributed by atoms with E-state index in [2.05, 4.69) is 0 Å². The van der Waals surface area contributed by atoms with Gasteiger partial charge in [-0.3, -0.25) is 9.59 Å². The first kappa shape index (κ1) is 16.9. The third kappa shape index (κ3) is 5.90. The van der Waals surface area contributed by atoms with Crippen molar-refractivity contribution in [2.24, 2.45) is 0 Å². The van der Waals surface area contributed by atoms with Crippen LogP contribution >= 0.6 is 0 Å². The molecule has 116 valence electrons. The zero-order valence-corrected chi connectivity index (χ0v) is 12.7. The van der Waals surface area contributed by atoms with Gasteiger partial charge in [-0.2, -0.15) is 0 Å². The standard InChI is InChI=1S/C13H23NO5S/c1-2-19-13(16)6-4-3-5-8-14(11-15)12-7-9-20(17,18)10-12/h11-12H,2-10H2,1H3/t12-/m0/s1. The highest BCUT2D eigenvalue weighted by Crippen LogP contribution is 2.17. The van der Waals surface area contributed by atoms with Crippen LogP contribution in [0, 0.1) is 0 Å². The Hall–Kier alpha value is -1.11. The lowest BCUT2D eigenvalue weighted by molar-refractivity contribution is -0.143. The summed E-state index contributed by atoms with van der Waals surface area (Å²) in [7, 11) is -2.97. The molecule has 0 spiro atoms. The first-order chi connectivity index (χ1) is 9.48. The van der Waals surface area contributed by atoms with Gasteiger partial charge in [0.1, 0.15) is 0 Å². The van der Waals surface area contributed by atoms with E-state index in [1.165, 1.54) is 0 Å². The molecule has 1 amide bonds. The van der Waals surface area contributed by atoms with Crippen molar-refractivity contribution >= 4 is 22.2 Å². The number of sulfone groups is 1. The molecule has 1 heterocycles. The van der Waals surface area contributed by atoms with Crippen molar-refractivity contribution in [1.29, 1.82) is 0 Å². The SMILES string of the molecule is CCOC(=O)CCCCCN(C=O)[C@H]1CCS(=O)(=O)C1. The fourth-order valence-electron chi connectivity index (χ4n) is 2.33. The Morgan fingerprint density at radius 2 is 2.10 bits per heavy atom. The second-order valence-electron chi connectivity index (χ2n) is 5.02. The Kier molecular flexibility index (Phi) is 6.98. The van der Waals surface area contributed by atoms with E-state index in [4.69, 9.17) is 4.74 Å². The number of esters is 1. The molecule has 7 heteroatoms. The minimum absolute atomic E-state index is 0.0779. The number of nitrogens with zero attached hydrogens (tertiary/aromatic N) is 1. The smallest absolute Gasteiger partial charge is 0.305 e. The number of ether oxygens (including phenoxy) is 1. The second kappa shape index (κ2) is 8.24. The van der Waals surface area contributed by atoms with Crippen LogP contribution in [0.5, 0.6) is 0 Å². The summed E-state index contributed by atoms with van der Waals surface area (Å²) < 4.78 is 27.6. The van der Waals surface area contributed by atoms with Crippen LogP contribution in [-0.2, 0) is 24.2 Å². The predicted octanol–water partition coefficient (Wildman–Crippen LogP) is 0.755. The van der Waals surface area contributed by atoms with Crippen LogP contribution in [0.3, 0.4) is 0 Å². The molecule has 0 aromatic carbocycles. The first-order valence-electron chi connectivity index (χ1n) is 7.05. The molecule has 0 unspecified atom stereocenters. The van der Waals surface area contributed by atoms with Crippen molar-refractivity contribution < 1.29 is 22.7 Å². The van der Waals surface area contributed by atoms with Crippen LogP contribution in [0.2, 0.25) is 0 Å². The number of amides is 1. The number of carbonyl (C=O) groups excluding carboxylic acids is 2. The molecule has 0 aromatic rings. The quantitative estimate of drug-likeness (QED) is 0.357. The molecule has 1 aliphatic heterocycles. The highest BCUT2D eigenvalue weighted by molar-refractivity contribution is 7.91. The lowest BCUT2D eigenvalue weighted by Crippen LogP contribution is -2.35. The molecule has 1 fully saturated rings. The third-order valence-corrected chi connectivity index (χ3v) is 5.17. The van der Waals surface area contributed by atoms with E-state index in [1.807, 2.05) is 0 Å². The Balaban J connectivity index is 2.19. The van der Waals surface area contributed by atoms with E-state index < -0.39 is 9.84 Å². The second-order valence-corrected chi connectivity index (χ2v) is 7.24. The zero-order chi connectivity index (χ0) is 15.0. The van der Waals surface area contributed by atoms with Gasteiger partial charge in [-0.05, 0) is 26.2 Å². The molecule has 1 saturated heterocycles. The Morgan fingerprint density at radius 1 is 1.35 bits per heavy atom. The Morgan fingerprint density at radius 3 is 2.65 bits per heavy atom. The predicted molar refractivity (Wildman–Crippen MR) is 74.9 cm³/mol. The number of carbonyl (C=O) groups is 2. The van der Waals surface area contributed by atoms with E-state index in [1.54, 1.807) is 11.8 Å². The average molecular weight is 305 g/mol. The van der Waals surface area contributed by atoms with Gasteiger partial charge in [-0.15, -0.1) is 0 Å². The minimum atomic E-state index is -2.97. The number of hydrogen-bond acceptors (Lipinski definition) is 5. The average Bonchev–Trinajstić information content (AvgIpc) is 2.74. The summed E-state index contributed by atoms with van der Waals surface area (Å²) in [6, 6.07) is -0.178. The molecule has 1 aliphatic rings. The van der Waals surface area contributed by atoms with E-state index in [9.17, 15) is 18.0 Å². The van der Waals surface area contributed by atoms with Gasteiger partial charge in [0, 0.05) is 19.0 Å². The van der Waals surface area contributed by atoms with Gasteiger partial charge in [0.15, 0.2) is 9.84 Å². The maximum absolute atomic E-state index is 11.4. The molecule has 0 saturated carbocycles. The van der Waals surface area contributed by atoms with Crippen LogP contribution in [0.15, 0.2) is 0 Å². The molecule has 0 aliphatic carbocycles. The summed E-state index contributed by atoms with van der Waals surface area (Å²) in [5.74, 6) is 0.0565. The van der Waals surface area contributed by atoms with Gasteiger partial charge in [0.2, 0.25) is 6.41 Å². The Bertz CT molecular complexity index is 420. The Labute approximate surface area is 120 Å². The van der Waals surface area contributed by atoms with Gasteiger partial charge in [0.05, 0.1) is 18.1 Å². The maximum Gasteiger partial charge on any atom is 0.305 e. The number of unbranched alkanes of at least 4 members (excludes halogenated alkanes) is 2. The molecule has 20 heavy (non-hydrogen) atoms. The molecule has 1 atom stereocenters. The normalized spacial score (nSPS) is 20.6. The topological polar surface area (TPSA) is 80.8 Å².